The van der Waals surface area contributed by atoms with Gasteiger partial charge in [0.25, 0.3) is 0 Å². The van der Waals surface area contributed by atoms with E-state index in [1.165, 1.54) is 44.1 Å². The Morgan fingerprint density at radius 1 is 1.18 bits per heavy atom. The van der Waals surface area contributed by atoms with Gasteiger partial charge in [0.05, 0.1) is 6.10 Å². The van der Waals surface area contributed by atoms with E-state index in [0.717, 1.165) is 13.0 Å². The van der Waals surface area contributed by atoms with E-state index in [-0.39, 0.29) is 6.29 Å². The van der Waals surface area contributed by atoms with Crippen LogP contribution in [0.15, 0.2) is 11.6 Å². The predicted octanol–water partition coefficient (Wildman–Crippen LogP) is 4.05. The molecule has 1 aliphatic heterocycles. The Balaban J connectivity index is 1.91. The molecule has 2 heteroatoms. The molecule has 2 nitrogen and oxygen atoms in total. The van der Waals surface area contributed by atoms with Crippen molar-refractivity contribution in [2.45, 2.75) is 71.2 Å². The highest BCUT2D eigenvalue weighted by atomic mass is 16.7. The monoisotopic (exact) mass is 238 g/mol. The Bertz CT molecular complexity index is 252. The zero-order chi connectivity index (χ0) is 12.1. The van der Waals surface area contributed by atoms with E-state index in [9.17, 15) is 0 Å². The van der Waals surface area contributed by atoms with E-state index in [4.69, 9.17) is 9.47 Å². The van der Waals surface area contributed by atoms with Gasteiger partial charge in [-0.15, -0.1) is 0 Å². The maximum absolute atomic E-state index is 6.16. The van der Waals surface area contributed by atoms with Crippen molar-refractivity contribution in [1.82, 2.24) is 0 Å². The second-order valence-electron chi connectivity index (χ2n) is 5.65. The fourth-order valence-electron chi connectivity index (χ4n) is 2.78. The van der Waals surface area contributed by atoms with Crippen molar-refractivity contribution in [3.63, 3.8) is 0 Å². The smallest absolute Gasteiger partial charge is 0.158 e. The zero-order valence-electron chi connectivity index (χ0n) is 11.3. The van der Waals surface area contributed by atoms with Crippen molar-refractivity contribution in [3.8, 4) is 0 Å². The molecule has 1 saturated heterocycles. The second kappa shape index (κ2) is 6.55. The third-order valence-corrected chi connectivity index (χ3v) is 3.60. The van der Waals surface area contributed by atoms with Gasteiger partial charge in [-0.2, -0.15) is 0 Å². The summed E-state index contributed by atoms with van der Waals surface area (Å²) < 4.78 is 11.8. The molecule has 1 heterocycles. The number of hydrogen-bond donors (Lipinski definition) is 0. The first-order chi connectivity index (χ1) is 8.25. The molecule has 0 radical (unpaired) electrons. The number of rotatable bonds is 3. The van der Waals surface area contributed by atoms with E-state index in [1.54, 1.807) is 0 Å². The minimum Gasteiger partial charge on any atom is -0.353 e. The molecule has 1 saturated carbocycles. The van der Waals surface area contributed by atoms with Crippen LogP contribution in [0.3, 0.4) is 0 Å². The molecule has 0 aromatic rings. The molecular weight excluding hydrogens is 212 g/mol. The van der Waals surface area contributed by atoms with Gasteiger partial charge in [0.1, 0.15) is 0 Å². The lowest BCUT2D eigenvalue weighted by Crippen LogP contribution is -2.30. The van der Waals surface area contributed by atoms with Crippen LogP contribution in [0.1, 0.15) is 58.8 Å². The average Bonchev–Trinajstić information content (AvgIpc) is 2.32. The standard InChI is InChI=1S/C15H26O2/c1-12(2)11-13-7-3-4-8-14(13)17-15-9-5-6-10-16-15/h11-12,14-15H,3-10H2,1-2H3/b13-11-/t14-,15+/m1/s1. The number of ether oxygens (including phenoxy) is 2. The first-order valence-corrected chi connectivity index (χ1v) is 7.23. The summed E-state index contributed by atoms with van der Waals surface area (Å²) in [6.07, 6.45) is 11.3. The van der Waals surface area contributed by atoms with E-state index in [2.05, 4.69) is 19.9 Å². The molecule has 0 amide bonds. The average molecular weight is 238 g/mol. The first-order valence-electron chi connectivity index (χ1n) is 7.23. The minimum absolute atomic E-state index is 0.0578. The van der Waals surface area contributed by atoms with Gasteiger partial charge in [0.2, 0.25) is 0 Å². The number of allylic oxidation sites excluding steroid dienone is 1. The molecule has 2 aliphatic rings. The maximum atomic E-state index is 6.16. The van der Waals surface area contributed by atoms with Crippen LogP contribution in [0.2, 0.25) is 0 Å². The van der Waals surface area contributed by atoms with Crippen molar-refractivity contribution in [2.75, 3.05) is 6.61 Å². The summed E-state index contributed by atoms with van der Waals surface area (Å²) in [5.74, 6) is 0.626. The molecule has 0 spiro atoms. The van der Waals surface area contributed by atoms with Gasteiger partial charge >= 0.3 is 0 Å². The lowest BCUT2D eigenvalue weighted by molar-refractivity contribution is -0.183. The van der Waals surface area contributed by atoms with Crippen LogP contribution >= 0.6 is 0 Å². The van der Waals surface area contributed by atoms with Crippen LogP contribution in [-0.4, -0.2) is 19.0 Å². The van der Waals surface area contributed by atoms with Gasteiger partial charge in [0.15, 0.2) is 6.29 Å². The normalized spacial score (nSPS) is 33.2. The lowest BCUT2D eigenvalue weighted by atomic mass is 9.90. The van der Waals surface area contributed by atoms with Gasteiger partial charge in [-0.25, -0.2) is 0 Å². The van der Waals surface area contributed by atoms with Crippen LogP contribution in [0.25, 0.3) is 0 Å². The van der Waals surface area contributed by atoms with Crippen LogP contribution in [0, 0.1) is 5.92 Å². The Morgan fingerprint density at radius 2 is 2.00 bits per heavy atom. The largest absolute Gasteiger partial charge is 0.353 e. The van der Waals surface area contributed by atoms with Crippen LogP contribution in [-0.2, 0) is 9.47 Å². The summed E-state index contributed by atoms with van der Waals surface area (Å²) in [4.78, 5) is 0. The Kier molecular flexibility index (Phi) is 5.05. The quantitative estimate of drug-likeness (QED) is 0.690. The van der Waals surface area contributed by atoms with E-state index in [0.29, 0.717) is 12.0 Å². The van der Waals surface area contributed by atoms with Crippen LogP contribution < -0.4 is 0 Å². The summed E-state index contributed by atoms with van der Waals surface area (Å²) in [7, 11) is 0. The van der Waals surface area contributed by atoms with Gasteiger partial charge in [-0.1, -0.05) is 26.3 Å². The highest BCUT2D eigenvalue weighted by Crippen LogP contribution is 2.29. The molecule has 1 aliphatic carbocycles. The van der Waals surface area contributed by atoms with Crippen molar-refractivity contribution >= 4 is 0 Å². The maximum Gasteiger partial charge on any atom is 0.158 e. The van der Waals surface area contributed by atoms with Crippen molar-refractivity contribution in [2.24, 2.45) is 5.92 Å². The molecule has 0 bridgehead atoms. The van der Waals surface area contributed by atoms with E-state index < -0.39 is 0 Å². The summed E-state index contributed by atoms with van der Waals surface area (Å²) in [5.41, 5.74) is 1.51. The number of hydrogen-bond acceptors (Lipinski definition) is 2. The van der Waals surface area contributed by atoms with Crippen molar-refractivity contribution in [3.05, 3.63) is 11.6 Å². The van der Waals surface area contributed by atoms with Crippen LogP contribution in [0.4, 0.5) is 0 Å². The third-order valence-electron chi connectivity index (χ3n) is 3.60. The molecule has 2 rings (SSSR count). The van der Waals surface area contributed by atoms with Gasteiger partial charge in [0, 0.05) is 6.61 Å². The van der Waals surface area contributed by atoms with Gasteiger partial charge in [-0.05, 0) is 50.0 Å². The highest BCUT2D eigenvalue weighted by molar-refractivity contribution is 5.12. The van der Waals surface area contributed by atoms with Gasteiger partial charge in [-0.3, -0.25) is 0 Å². The molecule has 0 unspecified atom stereocenters. The van der Waals surface area contributed by atoms with E-state index >= 15 is 0 Å². The summed E-state index contributed by atoms with van der Waals surface area (Å²) in [6, 6.07) is 0. The third kappa shape index (κ3) is 4.11. The second-order valence-corrected chi connectivity index (χ2v) is 5.65. The molecular formula is C15H26O2. The molecule has 17 heavy (non-hydrogen) atoms. The first kappa shape index (κ1) is 13.1. The summed E-state index contributed by atoms with van der Waals surface area (Å²) in [6.45, 7) is 5.37. The van der Waals surface area contributed by atoms with Crippen molar-refractivity contribution in [1.29, 1.82) is 0 Å². The molecule has 2 atom stereocenters. The minimum atomic E-state index is 0.0578. The zero-order valence-corrected chi connectivity index (χ0v) is 11.3. The molecule has 2 fully saturated rings. The molecule has 0 N–H and O–H groups in total. The molecule has 0 aromatic carbocycles. The fraction of sp³-hybridized carbons (Fsp3) is 0.867. The van der Waals surface area contributed by atoms with E-state index in [1.807, 2.05) is 0 Å². The topological polar surface area (TPSA) is 18.5 Å². The Morgan fingerprint density at radius 3 is 2.71 bits per heavy atom. The lowest BCUT2D eigenvalue weighted by Gasteiger charge is -2.32. The van der Waals surface area contributed by atoms with Gasteiger partial charge < -0.3 is 9.47 Å². The van der Waals surface area contributed by atoms with Crippen LogP contribution in [0.5, 0.6) is 0 Å². The Labute approximate surface area is 105 Å². The fourth-order valence-corrected chi connectivity index (χ4v) is 2.78. The molecule has 98 valence electrons. The SMILES string of the molecule is CC(C)/C=C1/CCCC[C@H]1O[C@H]1CCCCO1. The summed E-state index contributed by atoms with van der Waals surface area (Å²) >= 11 is 0. The predicted molar refractivity (Wildman–Crippen MR) is 69.9 cm³/mol. The molecule has 0 aromatic heterocycles. The Hall–Kier alpha value is -0.340. The summed E-state index contributed by atoms with van der Waals surface area (Å²) in [5, 5.41) is 0. The highest BCUT2D eigenvalue weighted by Gasteiger charge is 2.24. The van der Waals surface area contributed by atoms with Crippen molar-refractivity contribution < 1.29 is 9.47 Å².